The van der Waals surface area contributed by atoms with E-state index in [-0.39, 0.29) is 5.92 Å². The van der Waals surface area contributed by atoms with Crippen molar-refractivity contribution in [1.82, 2.24) is 4.57 Å². The van der Waals surface area contributed by atoms with Crippen LogP contribution in [0.25, 0.3) is 71.7 Å². The van der Waals surface area contributed by atoms with Crippen LogP contribution >= 0.6 is 0 Å². The fourth-order valence-corrected chi connectivity index (χ4v) is 10.0. The summed E-state index contributed by atoms with van der Waals surface area (Å²) < 4.78 is 9.16. The summed E-state index contributed by atoms with van der Waals surface area (Å²) in [4.78, 5) is 2.29. The van der Waals surface area contributed by atoms with E-state index in [1.807, 2.05) is 6.07 Å². The fraction of sp³-hybridized carbons (Fsp3) is 0.0508. The van der Waals surface area contributed by atoms with Crippen molar-refractivity contribution >= 4 is 55.1 Å². The second-order valence-corrected chi connectivity index (χ2v) is 16.8. The first kappa shape index (κ1) is 36.0. The fourth-order valence-electron chi connectivity index (χ4n) is 10.0. The van der Waals surface area contributed by atoms with Gasteiger partial charge < -0.3 is 14.2 Å². The van der Waals surface area contributed by atoms with Crippen LogP contribution in [0, 0.1) is 0 Å². The Bertz CT molecular complexity index is 3410. The molecule has 2 atom stereocenters. The number of hydrogen-bond donors (Lipinski definition) is 0. The van der Waals surface area contributed by atoms with Gasteiger partial charge in [-0.3, -0.25) is 0 Å². The smallest absolute Gasteiger partial charge is 0.142 e. The maximum atomic E-state index is 6.77. The van der Waals surface area contributed by atoms with Crippen molar-refractivity contribution in [2.75, 3.05) is 4.90 Å². The Hall–Kier alpha value is -7.88. The molecule has 0 saturated carbocycles. The first-order valence-electron chi connectivity index (χ1n) is 21.4. The van der Waals surface area contributed by atoms with Crippen LogP contribution in [0.4, 0.5) is 11.4 Å². The molecule has 2 aliphatic heterocycles. The number of fused-ring (bicyclic) bond motifs is 8. The molecule has 0 N–H and O–H groups in total. The van der Waals surface area contributed by atoms with E-state index in [0.717, 1.165) is 33.9 Å². The van der Waals surface area contributed by atoms with Gasteiger partial charge in [-0.05, 0) is 118 Å². The molecule has 2 unspecified atom stereocenters. The van der Waals surface area contributed by atoms with Crippen LogP contribution in [0.15, 0.2) is 225 Å². The van der Waals surface area contributed by atoms with Crippen molar-refractivity contribution in [2.24, 2.45) is 0 Å². The van der Waals surface area contributed by atoms with Gasteiger partial charge in [-0.2, -0.15) is 0 Å². The molecule has 9 aromatic rings. The summed E-state index contributed by atoms with van der Waals surface area (Å²) in [5.74, 6) is 0.968. The Morgan fingerprint density at radius 2 is 1.24 bits per heavy atom. The third-order valence-corrected chi connectivity index (χ3v) is 13.2. The minimum Gasteiger partial charge on any atom is -0.481 e. The molecule has 0 radical (unpaired) electrons. The van der Waals surface area contributed by atoms with E-state index < -0.39 is 5.60 Å². The Morgan fingerprint density at radius 1 is 0.548 bits per heavy atom. The van der Waals surface area contributed by atoms with Crippen molar-refractivity contribution in [3.63, 3.8) is 0 Å². The number of benzene rings is 8. The van der Waals surface area contributed by atoms with Crippen LogP contribution in [0.3, 0.4) is 0 Å². The number of allylic oxidation sites excluding steroid dienone is 6. The van der Waals surface area contributed by atoms with Gasteiger partial charge >= 0.3 is 0 Å². The Labute approximate surface area is 361 Å². The van der Waals surface area contributed by atoms with E-state index in [1.165, 1.54) is 71.5 Å². The zero-order chi connectivity index (χ0) is 41.4. The molecule has 3 heterocycles. The topological polar surface area (TPSA) is 17.4 Å². The molecule has 0 fully saturated rings. The van der Waals surface area contributed by atoms with Gasteiger partial charge in [-0.1, -0.05) is 152 Å². The monoisotopic (exact) mass is 794 g/mol. The van der Waals surface area contributed by atoms with E-state index in [1.54, 1.807) is 0 Å². The molecule has 1 aromatic heterocycles. The first-order chi connectivity index (χ1) is 30.5. The summed E-state index contributed by atoms with van der Waals surface area (Å²) in [7, 11) is 0. The first-order valence-corrected chi connectivity index (χ1v) is 21.4. The van der Waals surface area contributed by atoms with Crippen LogP contribution in [0.2, 0.25) is 0 Å². The number of ether oxygens (including phenoxy) is 1. The molecule has 294 valence electrons. The molecule has 62 heavy (non-hydrogen) atoms. The molecule has 1 aliphatic carbocycles. The summed E-state index contributed by atoms with van der Waals surface area (Å²) >= 11 is 0. The van der Waals surface area contributed by atoms with Crippen molar-refractivity contribution in [2.45, 2.75) is 18.4 Å². The Morgan fingerprint density at radius 3 is 2.10 bits per heavy atom. The Balaban J connectivity index is 0.878. The highest BCUT2D eigenvalue weighted by Crippen LogP contribution is 2.53. The van der Waals surface area contributed by atoms with Gasteiger partial charge in [0.2, 0.25) is 0 Å². The molecule has 0 bridgehead atoms. The molecular weight excluding hydrogens is 753 g/mol. The number of para-hydroxylation sites is 2. The Kier molecular flexibility index (Phi) is 8.20. The zero-order valence-corrected chi connectivity index (χ0v) is 34.4. The summed E-state index contributed by atoms with van der Waals surface area (Å²) in [5.41, 5.74) is 15.6. The van der Waals surface area contributed by atoms with E-state index in [2.05, 4.69) is 235 Å². The van der Waals surface area contributed by atoms with Gasteiger partial charge in [0, 0.05) is 51.0 Å². The summed E-state index contributed by atoms with van der Waals surface area (Å²) in [6.45, 7) is 6.69. The predicted molar refractivity (Wildman–Crippen MR) is 260 cm³/mol. The second-order valence-electron chi connectivity index (χ2n) is 16.8. The highest BCUT2D eigenvalue weighted by molar-refractivity contribution is 6.10. The van der Waals surface area contributed by atoms with Gasteiger partial charge in [-0.15, -0.1) is 0 Å². The number of nitrogens with zero attached hydrogens (tertiary/aromatic N) is 2. The largest absolute Gasteiger partial charge is 0.481 e. The molecule has 0 spiro atoms. The summed E-state index contributed by atoms with van der Waals surface area (Å²) in [6.07, 6.45) is 15.1. The average Bonchev–Trinajstić information content (AvgIpc) is 3.82. The van der Waals surface area contributed by atoms with E-state index in [0.29, 0.717) is 0 Å². The van der Waals surface area contributed by atoms with Gasteiger partial charge in [0.1, 0.15) is 11.4 Å². The lowest BCUT2D eigenvalue weighted by molar-refractivity contribution is 0.149. The molecule has 3 nitrogen and oxygen atoms in total. The quantitative estimate of drug-likeness (QED) is 0.173. The lowest BCUT2D eigenvalue weighted by Crippen LogP contribution is -2.37. The number of anilines is 2. The standard InChI is InChI=1S/C59H42N2O/c1-39-12-9-10-35-60(57-38-46(27-33-49(39)57)53-17-11-18-54-51-16-6-8-20-58(51)62-59(53,54)2)47-29-23-42(24-30-47)45-28-34-56-52(37-45)50-15-5-7-19-55(50)61(56)48-31-25-41(26-32-48)44-22-21-40-13-3-4-14-43(40)36-44/h3-38,53H,1H2,2H3/b12-9-,35-10-. The van der Waals surface area contributed by atoms with Crippen molar-refractivity contribution in [3.05, 3.63) is 242 Å². The predicted octanol–water partition coefficient (Wildman–Crippen LogP) is 15.4. The van der Waals surface area contributed by atoms with E-state index >= 15 is 0 Å². The van der Waals surface area contributed by atoms with Crippen LogP contribution < -0.4 is 9.64 Å². The maximum absolute atomic E-state index is 6.77. The molecule has 0 saturated heterocycles. The van der Waals surface area contributed by atoms with Crippen molar-refractivity contribution in [3.8, 4) is 33.7 Å². The minimum atomic E-state index is -0.510. The molecule has 8 aromatic carbocycles. The SMILES string of the molecule is C=C1/C=C\C=C/N(c2ccc(-c3ccc4c(c3)c3ccccc3n4-c3ccc(-c4ccc5ccccc5c4)cc3)cc2)c2cc(C3C=CC=C4c5ccccc5OC43C)ccc21. The van der Waals surface area contributed by atoms with Crippen LogP contribution in [0.1, 0.15) is 29.5 Å². The van der Waals surface area contributed by atoms with Gasteiger partial charge in [-0.25, -0.2) is 0 Å². The van der Waals surface area contributed by atoms with Crippen molar-refractivity contribution < 1.29 is 4.74 Å². The zero-order valence-electron chi connectivity index (χ0n) is 34.4. The molecule has 12 rings (SSSR count). The molecule has 0 amide bonds. The van der Waals surface area contributed by atoms with Crippen LogP contribution in [0.5, 0.6) is 5.75 Å². The lowest BCUT2D eigenvalue weighted by atomic mass is 9.74. The number of rotatable bonds is 5. The van der Waals surface area contributed by atoms with E-state index in [4.69, 9.17) is 4.74 Å². The number of aromatic nitrogens is 1. The average molecular weight is 795 g/mol. The van der Waals surface area contributed by atoms with Gasteiger partial charge in [0.15, 0.2) is 0 Å². The van der Waals surface area contributed by atoms with Crippen molar-refractivity contribution in [1.29, 1.82) is 0 Å². The number of hydrogen-bond acceptors (Lipinski definition) is 2. The molecule has 3 aliphatic rings. The van der Waals surface area contributed by atoms with Crippen LogP contribution in [-0.4, -0.2) is 10.2 Å². The highest BCUT2D eigenvalue weighted by Gasteiger charge is 2.47. The highest BCUT2D eigenvalue weighted by atomic mass is 16.5. The molecule has 3 heteroatoms. The van der Waals surface area contributed by atoms with E-state index in [9.17, 15) is 0 Å². The third kappa shape index (κ3) is 5.73. The molecular formula is C59H42N2O. The van der Waals surface area contributed by atoms with Gasteiger partial charge in [0.05, 0.1) is 16.7 Å². The second kappa shape index (κ2) is 14.1. The summed E-state index contributed by atoms with van der Waals surface area (Å²) in [5, 5.41) is 4.98. The normalized spacial score (nSPS) is 18.7. The maximum Gasteiger partial charge on any atom is 0.142 e. The minimum absolute atomic E-state index is 0.0262. The van der Waals surface area contributed by atoms with Gasteiger partial charge in [0.25, 0.3) is 0 Å². The van der Waals surface area contributed by atoms with Crippen LogP contribution in [-0.2, 0) is 0 Å². The lowest BCUT2D eigenvalue weighted by Gasteiger charge is -2.36. The summed E-state index contributed by atoms with van der Waals surface area (Å²) in [6, 6.07) is 64.0. The third-order valence-electron chi connectivity index (χ3n) is 13.2.